The van der Waals surface area contributed by atoms with Gasteiger partial charge in [0.25, 0.3) is 0 Å². The number of esters is 1. The van der Waals surface area contributed by atoms with Crippen molar-refractivity contribution in [2.24, 2.45) is 0 Å². The van der Waals surface area contributed by atoms with Crippen LogP contribution in [0.25, 0.3) is 22.2 Å². The van der Waals surface area contributed by atoms with E-state index < -0.39 is 5.97 Å². The van der Waals surface area contributed by atoms with Gasteiger partial charge in [0.1, 0.15) is 11.4 Å². The smallest absolute Gasteiger partial charge is 0.356 e. The Morgan fingerprint density at radius 1 is 1.09 bits per heavy atom. The number of carbonyl (C=O) groups excluding carboxylic acids is 1. The molecule has 3 heterocycles. The highest BCUT2D eigenvalue weighted by Crippen LogP contribution is 2.34. The largest absolute Gasteiger partial charge is 0.507 e. The highest BCUT2D eigenvalue weighted by molar-refractivity contribution is 5.93. The Labute approximate surface area is 194 Å². The third-order valence-electron chi connectivity index (χ3n) is 6.21. The van der Waals surface area contributed by atoms with Crippen molar-refractivity contribution >= 4 is 22.7 Å². The number of aromatic nitrogens is 3. The molecular weight excluding hydrogens is 418 g/mol. The number of pyridine rings is 1. The Hall–Kier alpha value is -3.26. The number of phenolic OH excluding ortho intramolecular Hbond substituents is 1. The van der Waals surface area contributed by atoms with Crippen LogP contribution in [-0.2, 0) is 4.74 Å². The first-order chi connectivity index (χ1) is 15.5. The molecule has 1 fully saturated rings. The number of methoxy groups -OCH3 is 1. The minimum absolute atomic E-state index is 0.0288. The van der Waals surface area contributed by atoms with Gasteiger partial charge < -0.3 is 20.1 Å². The van der Waals surface area contributed by atoms with Gasteiger partial charge in [-0.25, -0.2) is 9.78 Å². The summed E-state index contributed by atoms with van der Waals surface area (Å²) in [6.45, 7) is 8.91. The molecular formula is C25H31N5O3. The van der Waals surface area contributed by atoms with Crippen LogP contribution in [0.2, 0.25) is 0 Å². The quantitative estimate of drug-likeness (QED) is 0.578. The average molecular weight is 450 g/mol. The highest BCUT2D eigenvalue weighted by Gasteiger charge is 2.39. The topological polar surface area (TPSA) is 100 Å². The summed E-state index contributed by atoms with van der Waals surface area (Å²) in [5.74, 6) is 0.346. The average Bonchev–Trinajstić information content (AvgIpc) is 2.75. The van der Waals surface area contributed by atoms with Crippen LogP contribution in [0, 0.1) is 0 Å². The fourth-order valence-electron chi connectivity index (χ4n) is 4.97. The lowest BCUT2D eigenvalue weighted by atomic mass is 9.79. The molecule has 8 heteroatoms. The Balaban J connectivity index is 1.62. The summed E-state index contributed by atoms with van der Waals surface area (Å²) in [5, 5.41) is 23.8. The summed E-state index contributed by atoms with van der Waals surface area (Å²) in [6.07, 6.45) is 1.99. The second-order valence-electron chi connectivity index (χ2n) is 10.1. The zero-order chi connectivity index (χ0) is 24.0. The van der Waals surface area contributed by atoms with Crippen molar-refractivity contribution in [2.75, 3.05) is 19.1 Å². The molecule has 2 aromatic heterocycles. The molecule has 0 atom stereocenters. The molecule has 1 aromatic carbocycles. The van der Waals surface area contributed by atoms with E-state index in [4.69, 9.17) is 4.74 Å². The number of phenols is 1. The molecule has 0 spiro atoms. The van der Waals surface area contributed by atoms with Gasteiger partial charge in [0.05, 0.1) is 18.3 Å². The fraction of sp³-hybridized carbons (Fsp3) is 0.440. The van der Waals surface area contributed by atoms with Crippen LogP contribution in [0.4, 0.5) is 5.82 Å². The molecule has 0 bridgehead atoms. The van der Waals surface area contributed by atoms with Gasteiger partial charge in [-0.2, -0.15) is 0 Å². The van der Waals surface area contributed by atoms with Crippen LogP contribution < -0.4 is 10.2 Å². The number of anilines is 1. The van der Waals surface area contributed by atoms with Crippen LogP contribution >= 0.6 is 0 Å². The molecule has 2 N–H and O–H groups in total. The van der Waals surface area contributed by atoms with Gasteiger partial charge in [0, 0.05) is 35.1 Å². The van der Waals surface area contributed by atoms with E-state index >= 15 is 0 Å². The summed E-state index contributed by atoms with van der Waals surface area (Å²) in [7, 11) is 3.37. The Morgan fingerprint density at radius 2 is 1.79 bits per heavy atom. The number of hydrogen-bond acceptors (Lipinski definition) is 8. The first-order valence-electron chi connectivity index (χ1n) is 11.1. The zero-order valence-corrected chi connectivity index (χ0v) is 20.0. The standard InChI is InChI=1S/C25H31N5O3/c1-24(2)13-16(14-25(3,4)29-24)30(5)22-10-9-18(27-28-22)17-12-20-15(11-21(17)31)7-8-19(26-20)23(32)33-6/h7-12,16,29,31H,13-14H2,1-6H3. The van der Waals surface area contributed by atoms with Crippen molar-refractivity contribution in [3.05, 3.63) is 42.1 Å². The first kappa shape index (κ1) is 22.9. The summed E-state index contributed by atoms with van der Waals surface area (Å²) in [6, 6.07) is 10.7. The number of fused-ring (bicyclic) bond motifs is 1. The molecule has 0 unspecified atom stereocenters. The molecule has 174 valence electrons. The van der Waals surface area contributed by atoms with E-state index in [1.807, 2.05) is 12.1 Å². The predicted molar refractivity (Wildman–Crippen MR) is 128 cm³/mol. The lowest BCUT2D eigenvalue weighted by Gasteiger charge is -2.49. The van der Waals surface area contributed by atoms with Gasteiger partial charge in [-0.3, -0.25) is 0 Å². The highest BCUT2D eigenvalue weighted by atomic mass is 16.5. The van der Waals surface area contributed by atoms with Crippen LogP contribution in [0.1, 0.15) is 51.0 Å². The van der Waals surface area contributed by atoms with Crippen molar-refractivity contribution in [2.45, 2.75) is 57.7 Å². The molecule has 0 radical (unpaired) electrons. The van der Waals surface area contributed by atoms with E-state index in [9.17, 15) is 9.90 Å². The van der Waals surface area contributed by atoms with Crippen molar-refractivity contribution < 1.29 is 14.6 Å². The second-order valence-corrected chi connectivity index (χ2v) is 10.1. The number of carbonyl (C=O) groups is 1. The van der Waals surface area contributed by atoms with Gasteiger partial charge in [0.15, 0.2) is 5.82 Å². The van der Waals surface area contributed by atoms with E-state index in [0.717, 1.165) is 18.7 Å². The SMILES string of the molecule is COC(=O)c1ccc2cc(O)c(-c3ccc(N(C)C4CC(C)(C)NC(C)(C)C4)nn3)cc2n1. The molecule has 4 rings (SSSR count). The van der Waals surface area contributed by atoms with Gasteiger partial charge in [-0.05, 0) is 70.9 Å². The summed E-state index contributed by atoms with van der Waals surface area (Å²) in [5.41, 5.74) is 1.86. The normalized spacial score (nSPS) is 17.6. The minimum atomic E-state index is -0.511. The van der Waals surface area contributed by atoms with Crippen molar-refractivity contribution in [3.8, 4) is 17.0 Å². The monoisotopic (exact) mass is 449 g/mol. The van der Waals surface area contributed by atoms with Crippen LogP contribution in [-0.4, -0.2) is 57.5 Å². The number of piperidine rings is 1. The van der Waals surface area contributed by atoms with E-state index in [1.54, 1.807) is 24.3 Å². The van der Waals surface area contributed by atoms with Gasteiger partial charge >= 0.3 is 5.97 Å². The molecule has 3 aromatic rings. The minimum Gasteiger partial charge on any atom is -0.507 e. The van der Waals surface area contributed by atoms with E-state index in [1.165, 1.54) is 7.11 Å². The van der Waals surface area contributed by atoms with E-state index in [2.05, 4.69) is 60.1 Å². The number of nitrogens with zero attached hydrogens (tertiary/aromatic N) is 4. The second kappa shape index (κ2) is 8.26. The maximum Gasteiger partial charge on any atom is 0.356 e. The molecule has 33 heavy (non-hydrogen) atoms. The maximum absolute atomic E-state index is 11.8. The number of aromatic hydroxyl groups is 1. The van der Waals surface area contributed by atoms with Gasteiger partial charge in [0.2, 0.25) is 0 Å². The summed E-state index contributed by atoms with van der Waals surface area (Å²) >= 11 is 0. The third kappa shape index (κ3) is 4.75. The van der Waals surface area contributed by atoms with E-state index in [0.29, 0.717) is 28.2 Å². The lowest BCUT2D eigenvalue weighted by molar-refractivity contribution is 0.0594. The van der Waals surface area contributed by atoms with Crippen LogP contribution in [0.15, 0.2) is 36.4 Å². The lowest BCUT2D eigenvalue weighted by Crippen LogP contribution is -2.62. The Bertz CT molecular complexity index is 1170. The number of rotatable bonds is 4. The predicted octanol–water partition coefficient (Wildman–Crippen LogP) is 3.93. The first-order valence-corrected chi connectivity index (χ1v) is 11.1. The number of benzene rings is 1. The third-order valence-corrected chi connectivity index (χ3v) is 6.21. The molecule has 1 saturated heterocycles. The van der Waals surface area contributed by atoms with E-state index in [-0.39, 0.29) is 22.5 Å². The van der Waals surface area contributed by atoms with Crippen LogP contribution in [0.5, 0.6) is 5.75 Å². The number of ether oxygens (including phenoxy) is 1. The summed E-state index contributed by atoms with van der Waals surface area (Å²) < 4.78 is 4.75. The van der Waals surface area contributed by atoms with Crippen molar-refractivity contribution in [3.63, 3.8) is 0 Å². The number of hydrogen-bond donors (Lipinski definition) is 2. The Kier molecular flexibility index (Phi) is 5.74. The van der Waals surface area contributed by atoms with Crippen molar-refractivity contribution in [1.29, 1.82) is 0 Å². The number of nitrogens with one attached hydrogen (secondary N) is 1. The fourth-order valence-corrected chi connectivity index (χ4v) is 4.97. The van der Waals surface area contributed by atoms with Gasteiger partial charge in [-0.1, -0.05) is 6.07 Å². The van der Waals surface area contributed by atoms with Gasteiger partial charge in [-0.15, -0.1) is 10.2 Å². The Morgan fingerprint density at radius 3 is 2.39 bits per heavy atom. The molecule has 0 amide bonds. The molecule has 0 aliphatic carbocycles. The molecule has 8 nitrogen and oxygen atoms in total. The molecule has 1 aliphatic rings. The zero-order valence-electron chi connectivity index (χ0n) is 20.0. The van der Waals surface area contributed by atoms with Crippen LogP contribution in [0.3, 0.4) is 0 Å². The maximum atomic E-state index is 11.8. The molecule has 1 aliphatic heterocycles. The van der Waals surface area contributed by atoms with Crippen molar-refractivity contribution in [1.82, 2.24) is 20.5 Å². The molecule has 0 saturated carbocycles. The summed E-state index contributed by atoms with van der Waals surface area (Å²) in [4.78, 5) is 18.4.